The van der Waals surface area contributed by atoms with E-state index in [-0.39, 0.29) is 24.4 Å². The molecule has 1 N–H and O–H groups in total. The number of piperidine rings is 1. The van der Waals surface area contributed by atoms with Gasteiger partial charge in [0, 0.05) is 13.1 Å². The molecule has 134 valence electrons. The van der Waals surface area contributed by atoms with Gasteiger partial charge < -0.3 is 5.32 Å². The van der Waals surface area contributed by atoms with Gasteiger partial charge in [0.15, 0.2) is 0 Å². The minimum absolute atomic E-state index is 0.0811. The third-order valence-corrected chi connectivity index (χ3v) is 7.74. The van der Waals surface area contributed by atoms with Crippen LogP contribution in [0.15, 0.2) is 52.1 Å². The lowest BCUT2D eigenvalue weighted by molar-refractivity contribution is -0.126. The minimum atomic E-state index is -3.49. The summed E-state index contributed by atoms with van der Waals surface area (Å²) in [5.41, 5.74) is 1.04. The average Bonchev–Trinajstić information content (AvgIpc) is 3.18. The highest BCUT2D eigenvalue weighted by Crippen LogP contribution is 2.26. The first-order valence-electron chi connectivity index (χ1n) is 8.37. The van der Waals surface area contributed by atoms with E-state index < -0.39 is 10.0 Å². The Balaban J connectivity index is 1.66. The second-order valence-electron chi connectivity index (χ2n) is 6.28. The van der Waals surface area contributed by atoms with Crippen molar-refractivity contribution in [2.75, 3.05) is 13.1 Å². The Morgan fingerprint density at radius 1 is 1.24 bits per heavy atom. The van der Waals surface area contributed by atoms with Gasteiger partial charge in [0.05, 0.1) is 12.0 Å². The largest absolute Gasteiger partial charge is 0.349 e. The molecule has 0 spiro atoms. The van der Waals surface area contributed by atoms with Crippen LogP contribution < -0.4 is 5.32 Å². The number of benzene rings is 1. The van der Waals surface area contributed by atoms with Crippen molar-refractivity contribution in [3.8, 4) is 0 Å². The molecule has 2 aromatic rings. The molecule has 2 atom stereocenters. The molecule has 1 aliphatic heterocycles. The zero-order valence-electron chi connectivity index (χ0n) is 14.1. The lowest BCUT2D eigenvalue weighted by Gasteiger charge is -2.31. The first-order valence-corrected chi connectivity index (χ1v) is 10.7. The quantitative estimate of drug-likeness (QED) is 0.870. The van der Waals surface area contributed by atoms with Crippen LogP contribution in [0.3, 0.4) is 0 Å². The molecule has 0 aliphatic carbocycles. The van der Waals surface area contributed by atoms with E-state index in [0.717, 1.165) is 5.56 Å². The molecule has 0 radical (unpaired) electrons. The number of thiophene rings is 1. The van der Waals surface area contributed by atoms with Crippen LogP contribution in [0.4, 0.5) is 0 Å². The first kappa shape index (κ1) is 18.1. The molecule has 1 aromatic heterocycles. The Kier molecular flexibility index (Phi) is 5.56. The molecule has 1 fully saturated rings. The van der Waals surface area contributed by atoms with E-state index in [1.807, 2.05) is 37.3 Å². The Morgan fingerprint density at radius 2 is 2.00 bits per heavy atom. The second kappa shape index (κ2) is 7.68. The van der Waals surface area contributed by atoms with Crippen LogP contribution in [0.25, 0.3) is 0 Å². The third-order valence-electron chi connectivity index (χ3n) is 4.50. The van der Waals surface area contributed by atoms with Crippen LogP contribution in [0, 0.1) is 5.92 Å². The van der Waals surface area contributed by atoms with Crippen molar-refractivity contribution in [2.24, 2.45) is 5.92 Å². The van der Waals surface area contributed by atoms with Crippen molar-refractivity contribution in [1.29, 1.82) is 0 Å². The maximum Gasteiger partial charge on any atom is 0.252 e. The van der Waals surface area contributed by atoms with Crippen molar-refractivity contribution >= 4 is 27.3 Å². The van der Waals surface area contributed by atoms with E-state index in [2.05, 4.69) is 5.32 Å². The minimum Gasteiger partial charge on any atom is -0.349 e. The van der Waals surface area contributed by atoms with Crippen LogP contribution in [0.5, 0.6) is 0 Å². The van der Waals surface area contributed by atoms with Crippen LogP contribution in [0.2, 0.25) is 0 Å². The van der Waals surface area contributed by atoms with Gasteiger partial charge in [0.2, 0.25) is 5.91 Å². The molecule has 3 rings (SSSR count). The molecule has 1 amide bonds. The van der Waals surface area contributed by atoms with Crippen LogP contribution >= 0.6 is 11.3 Å². The number of carbonyl (C=O) groups excluding carboxylic acids is 1. The van der Waals surface area contributed by atoms with E-state index in [4.69, 9.17) is 0 Å². The predicted molar refractivity (Wildman–Crippen MR) is 98.8 cm³/mol. The van der Waals surface area contributed by atoms with Gasteiger partial charge in [-0.2, -0.15) is 4.31 Å². The predicted octanol–water partition coefficient (Wildman–Crippen LogP) is 3.03. The fraction of sp³-hybridized carbons (Fsp3) is 0.389. The van der Waals surface area contributed by atoms with Gasteiger partial charge in [-0.25, -0.2) is 8.42 Å². The lowest BCUT2D eigenvalue weighted by atomic mass is 9.98. The molecule has 1 saturated heterocycles. The number of sulfonamides is 1. The molecular weight excluding hydrogens is 356 g/mol. The van der Waals surface area contributed by atoms with E-state index in [9.17, 15) is 13.2 Å². The molecule has 0 unspecified atom stereocenters. The van der Waals surface area contributed by atoms with Gasteiger partial charge in [-0.05, 0) is 36.8 Å². The van der Waals surface area contributed by atoms with Gasteiger partial charge in [0.1, 0.15) is 4.21 Å². The summed E-state index contributed by atoms with van der Waals surface area (Å²) >= 11 is 1.21. The lowest BCUT2D eigenvalue weighted by Crippen LogP contribution is -2.45. The van der Waals surface area contributed by atoms with Crippen molar-refractivity contribution in [1.82, 2.24) is 9.62 Å². The summed E-state index contributed by atoms with van der Waals surface area (Å²) in [5, 5.41) is 4.77. The molecular formula is C18H22N2O3S2. The Labute approximate surface area is 152 Å². The van der Waals surface area contributed by atoms with E-state index >= 15 is 0 Å². The fourth-order valence-electron chi connectivity index (χ4n) is 3.07. The highest BCUT2D eigenvalue weighted by molar-refractivity contribution is 7.91. The van der Waals surface area contributed by atoms with Gasteiger partial charge in [0.25, 0.3) is 10.0 Å². The van der Waals surface area contributed by atoms with Gasteiger partial charge in [-0.15, -0.1) is 11.3 Å². The van der Waals surface area contributed by atoms with Crippen molar-refractivity contribution in [2.45, 2.75) is 30.0 Å². The topological polar surface area (TPSA) is 66.5 Å². The molecule has 0 saturated carbocycles. The molecule has 2 heterocycles. The van der Waals surface area contributed by atoms with Crippen molar-refractivity contribution in [3.05, 3.63) is 53.4 Å². The van der Waals surface area contributed by atoms with Crippen LogP contribution in [-0.2, 0) is 14.8 Å². The standard InChI is InChI=1S/C18H22N2O3S2/c1-14(15-7-3-2-4-8-15)19-18(21)16-9-5-11-20(13-16)25(22,23)17-10-6-12-24-17/h2-4,6-8,10,12,14,16H,5,9,11,13H2,1H3,(H,19,21)/t14-,16+/m1/s1. The van der Waals surface area contributed by atoms with Gasteiger partial charge in [-0.3, -0.25) is 4.79 Å². The van der Waals surface area contributed by atoms with Crippen molar-refractivity contribution < 1.29 is 13.2 Å². The monoisotopic (exact) mass is 378 g/mol. The van der Waals surface area contributed by atoms with E-state index in [1.54, 1.807) is 17.5 Å². The number of rotatable bonds is 5. The van der Waals surface area contributed by atoms with Gasteiger partial charge in [-0.1, -0.05) is 36.4 Å². The fourth-order valence-corrected chi connectivity index (χ4v) is 5.74. The number of nitrogens with zero attached hydrogens (tertiary/aromatic N) is 1. The Morgan fingerprint density at radius 3 is 2.68 bits per heavy atom. The highest BCUT2D eigenvalue weighted by Gasteiger charge is 2.34. The summed E-state index contributed by atoms with van der Waals surface area (Å²) in [7, 11) is -3.49. The molecule has 25 heavy (non-hydrogen) atoms. The van der Waals surface area contributed by atoms with Gasteiger partial charge >= 0.3 is 0 Å². The number of hydrogen-bond acceptors (Lipinski definition) is 4. The summed E-state index contributed by atoms with van der Waals surface area (Å²) in [5.74, 6) is -0.392. The number of amides is 1. The van der Waals surface area contributed by atoms with Crippen molar-refractivity contribution in [3.63, 3.8) is 0 Å². The highest BCUT2D eigenvalue weighted by atomic mass is 32.2. The number of carbonyl (C=O) groups is 1. The molecule has 7 heteroatoms. The van der Waals surface area contributed by atoms with Crippen LogP contribution in [0.1, 0.15) is 31.4 Å². The normalized spacial score (nSPS) is 20.1. The zero-order chi connectivity index (χ0) is 17.9. The van der Waals surface area contributed by atoms with Crippen LogP contribution in [-0.4, -0.2) is 31.7 Å². The third kappa shape index (κ3) is 4.11. The summed E-state index contributed by atoms with van der Waals surface area (Å²) in [4.78, 5) is 12.6. The molecule has 5 nitrogen and oxygen atoms in total. The summed E-state index contributed by atoms with van der Waals surface area (Å²) in [6.45, 7) is 2.65. The maximum absolute atomic E-state index is 12.7. The Hall–Kier alpha value is -1.70. The zero-order valence-corrected chi connectivity index (χ0v) is 15.7. The maximum atomic E-state index is 12.7. The smallest absolute Gasteiger partial charge is 0.252 e. The molecule has 1 aliphatic rings. The summed E-state index contributed by atoms with van der Waals surface area (Å²) in [6.07, 6.45) is 1.41. The van der Waals surface area contributed by atoms with E-state index in [0.29, 0.717) is 23.6 Å². The average molecular weight is 379 g/mol. The second-order valence-corrected chi connectivity index (χ2v) is 9.39. The first-order chi connectivity index (χ1) is 12.0. The molecule has 0 bridgehead atoms. The summed E-state index contributed by atoms with van der Waals surface area (Å²) < 4.78 is 27.1. The number of hydrogen-bond donors (Lipinski definition) is 1. The SMILES string of the molecule is C[C@@H](NC(=O)[C@H]1CCCN(S(=O)(=O)c2cccs2)C1)c1ccccc1. The number of nitrogens with one attached hydrogen (secondary N) is 1. The summed E-state index contributed by atoms with van der Waals surface area (Å²) in [6, 6.07) is 13.0. The molecule has 1 aromatic carbocycles. The van der Waals surface area contributed by atoms with E-state index in [1.165, 1.54) is 15.6 Å². The Bertz CT molecular complexity index is 804.